The van der Waals surface area contributed by atoms with Crippen LogP contribution in [0.15, 0.2) is 48.7 Å². The maximum absolute atomic E-state index is 12.2. The molecule has 4 nitrogen and oxygen atoms in total. The molecule has 0 aliphatic carbocycles. The van der Waals surface area contributed by atoms with Crippen LogP contribution in [0.2, 0.25) is 0 Å². The van der Waals surface area contributed by atoms with Gasteiger partial charge in [-0.2, -0.15) is 0 Å². The number of benzene rings is 1. The van der Waals surface area contributed by atoms with E-state index in [0.29, 0.717) is 24.1 Å². The molecule has 1 aromatic carbocycles. The zero-order chi connectivity index (χ0) is 14.1. The number of hydrogen-bond acceptors (Lipinski definition) is 2. The third-order valence-electron chi connectivity index (χ3n) is 3.63. The number of imide groups is 1. The van der Waals surface area contributed by atoms with Crippen molar-refractivity contribution in [2.75, 3.05) is 6.54 Å². The molecule has 2 heterocycles. The molecule has 0 saturated carbocycles. The highest BCUT2D eigenvalue weighted by Crippen LogP contribution is 2.22. The molecule has 0 N–H and O–H groups in total. The number of aromatic nitrogens is 1. The van der Waals surface area contributed by atoms with Gasteiger partial charge in [0.25, 0.3) is 11.8 Å². The molecular weight excluding hydrogens is 252 g/mol. The second kappa shape index (κ2) is 4.89. The molecule has 1 aliphatic heterocycles. The van der Waals surface area contributed by atoms with Crippen molar-refractivity contribution >= 4 is 11.8 Å². The highest BCUT2D eigenvalue weighted by Gasteiger charge is 2.34. The smallest absolute Gasteiger partial charge is 0.261 e. The Labute approximate surface area is 117 Å². The summed E-state index contributed by atoms with van der Waals surface area (Å²) in [7, 11) is 1.96. The van der Waals surface area contributed by atoms with Crippen molar-refractivity contribution < 1.29 is 14.2 Å². The second-order valence-corrected chi connectivity index (χ2v) is 4.86. The van der Waals surface area contributed by atoms with Gasteiger partial charge in [0.1, 0.15) is 7.05 Å². The van der Waals surface area contributed by atoms with E-state index < -0.39 is 0 Å². The third-order valence-corrected chi connectivity index (χ3v) is 3.63. The fraction of sp³-hybridized carbons (Fsp3) is 0.188. The SMILES string of the molecule is C[n+]1ccccc1CCN1C(=O)c2ccccc2C1=O. The molecule has 0 radical (unpaired) electrons. The highest BCUT2D eigenvalue weighted by atomic mass is 16.2. The van der Waals surface area contributed by atoms with E-state index in [1.807, 2.05) is 36.0 Å². The number of fused-ring (bicyclic) bond motifs is 1. The average molecular weight is 267 g/mol. The van der Waals surface area contributed by atoms with Gasteiger partial charge in [-0.1, -0.05) is 18.2 Å². The van der Waals surface area contributed by atoms with Crippen LogP contribution < -0.4 is 4.57 Å². The van der Waals surface area contributed by atoms with Crippen molar-refractivity contribution in [3.63, 3.8) is 0 Å². The number of aryl methyl sites for hydroxylation is 1. The summed E-state index contributed by atoms with van der Waals surface area (Å²) in [5.41, 5.74) is 2.11. The Bertz CT molecular complexity index is 659. The quantitative estimate of drug-likeness (QED) is 0.622. The molecule has 1 aliphatic rings. The molecule has 0 atom stereocenters. The lowest BCUT2D eigenvalue weighted by Crippen LogP contribution is -2.37. The Morgan fingerprint density at radius 1 is 0.950 bits per heavy atom. The first-order chi connectivity index (χ1) is 9.68. The Balaban J connectivity index is 1.79. The summed E-state index contributed by atoms with van der Waals surface area (Å²) in [4.78, 5) is 25.8. The molecular formula is C16H15N2O2+. The second-order valence-electron chi connectivity index (χ2n) is 4.86. The van der Waals surface area contributed by atoms with Gasteiger partial charge in [0.05, 0.1) is 17.5 Å². The number of carbonyl (C=O) groups is 2. The van der Waals surface area contributed by atoms with E-state index in [1.54, 1.807) is 24.3 Å². The number of amides is 2. The molecule has 0 unspecified atom stereocenters. The van der Waals surface area contributed by atoms with Crippen LogP contribution in [0.3, 0.4) is 0 Å². The van der Waals surface area contributed by atoms with Gasteiger partial charge in [-0.05, 0) is 12.1 Å². The molecule has 0 spiro atoms. The van der Waals surface area contributed by atoms with Gasteiger partial charge in [-0.3, -0.25) is 14.5 Å². The molecule has 3 rings (SSSR count). The topological polar surface area (TPSA) is 41.3 Å². The molecule has 20 heavy (non-hydrogen) atoms. The van der Waals surface area contributed by atoms with Gasteiger partial charge in [-0.25, -0.2) is 4.57 Å². The fourth-order valence-electron chi connectivity index (χ4n) is 2.49. The minimum Gasteiger partial charge on any atom is -0.274 e. The summed E-state index contributed by atoms with van der Waals surface area (Å²) >= 11 is 0. The molecule has 100 valence electrons. The van der Waals surface area contributed by atoms with Crippen molar-refractivity contribution in [1.82, 2.24) is 4.90 Å². The molecule has 0 bridgehead atoms. The molecule has 0 fully saturated rings. The Morgan fingerprint density at radius 3 is 2.15 bits per heavy atom. The minimum absolute atomic E-state index is 0.191. The zero-order valence-corrected chi connectivity index (χ0v) is 11.2. The molecule has 0 saturated heterocycles. The van der Waals surface area contributed by atoms with E-state index >= 15 is 0 Å². The van der Waals surface area contributed by atoms with E-state index in [-0.39, 0.29) is 11.8 Å². The van der Waals surface area contributed by atoms with E-state index in [4.69, 9.17) is 0 Å². The predicted octanol–water partition coefficient (Wildman–Crippen LogP) is 1.35. The first-order valence-electron chi connectivity index (χ1n) is 6.57. The summed E-state index contributed by atoms with van der Waals surface area (Å²) in [5, 5.41) is 0. The largest absolute Gasteiger partial charge is 0.274 e. The van der Waals surface area contributed by atoms with Crippen molar-refractivity contribution in [2.45, 2.75) is 6.42 Å². The van der Waals surface area contributed by atoms with Crippen LogP contribution in [-0.4, -0.2) is 23.3 Å². The zero-order valence-electron chi connectivity index (χ0n) is 11.2. The van der Waals surface area contributed by atoms with E-state index in [2.05, 4.69) is 0 Å². The first-order valence-corrected chi connectivity index (χ1v) is 6.57. The van der Waals surface area contributed by atoms with Gasteiger partial charge in [0.2, 0.25) is 0 Å². The number of nitrogens with zero attached hydrogens (tertiary/aromatic N) is 2. The van der Waals surface area contributed by atoms with Crippen LogP contribution in [-0.2, 0) is 13.5 Å². The first kappa shape index (κ1) is 12.5. The molecule has 1 aromatic heterocycles. The predicted molar refractivity (Wildman–Crippen MR) is 73.1 cm³/mol. The van der Waals surface area contributed by atoms with Crippen LogP contribution in [0.1, 0.15) is 26.4 Å². The maximum atomic E-state index is 12.2. The van der Waals surface area contributed by atoms with Crippen molar-refractivity contribution in [3.05, 3.63) is 65.5 Å². The van der Waals surface area contributed by atoms with E-state index in [9.17, 15) is 9.59 Å². The lowest BCUT2D eigenvalue weighted by atomic mass is 10.1. The Hall–Kier alpha value is -2.49. The third kappa shape index (κ3) is 1.99. The monoisotopic (exact) mass is 267 g/mol. The van der Waals surface area contributed by atoms with Crippen LogP contribution in [0, 0.1) is 0 Å². The van der Waals surface area contributed by atoms with Crippen molar-refractivity contribution in [1.29, 1.82) is 0 Å². The van der Waals surface area contributed by atoms with Gasteiger partial charge < -0.3 is 0 Å². The Kier molecular flexibility index (Phi) is 3.06. The lowest BCUT2D eigenvalue weighted by Gasteiger charge is -2.12. The van der Waals surface area contributed by atoms with Gasteiger partial charge >= 0.3 is 0 Å². The van der Waals surface area contributed by atoms with Gasteiger partial charge in [0, 0.05) is 18.7 Å². The van der Waals surface area contributed by atoms with Gasteiger partial charge in [-0.15, -0.1) is 0 Å². The molecule has 2 amide bonds. The average Bonchev–Trinajstić information content (AvgIpc) is 2.71. The lowest BCUT2D eigenvalue weighted by molar-refractivity contribution is -0.679. The summed E-state index contributed by atoms with van der Waals surface area (Å²) < 4.78 is 2.00. The van der Waals surface area contributed by atoms with Crippen LogP contribution in [0.5, 0.6) is 0 Å². The summed E-state index contributed by atoms with van der Waals surface area (Å²) in [6, 6.07) is 12.9. The fourth-order valence-corrected chi connectivity index (χ4v) is 2.49. The van der Waals surface area contributed by atoms with Crippen LogP contribution >= 0.6 is 0 Å². The molecule has 2 aromatic rings. The summed E-state index contributed by atoms with van der Waals surface area (Å²) in [6.07, 6.45) is 2.61. The van der Waals surface area contributed by atoms with Gasteiger partial charge in [0.15, 0.2) is 11.9 Å². The minimum atomic E-state index is -0.191. The summed E-state index contributed by atoms with van der Waals surface area (Å²) in [5.74, 6) is -0.381. The normalized spacial score (nSPS) is 13.8. The number of hydrogen-bond donors (Lipinski definition) is 0. The van der Waals surface area contributed by atoms with Crippen molar-refractivity contribution in [3.8, 4) is 0 Å². The summed E-state index contributed by atoms with van der Waals surface area (Å²) in [6.45, 7) is 0.407. The maximum Gasteiger partial charge on any atom is 0.261 e. The number of carbonyl (C=O) groups excluding carboxylic acids is 2. The highest BCUT2D eigenvalue weighted by molar-refractivity contribution is 6.21. The molecule has 4 heteroatoms. The van der Waals surface area contributed by atoms with Crippen LogP contribution in [0.4, 0.5) is 0 Å². The van der Waals surface area contributed by atoms with Crippen molar-refractivity contribution in [2.24, 2.45) is 7.05 Å². The van der Waals surface area contributed by atoms with E-state index in [0.717, 1.165) is 5.69 Å². The van der Waals surface area contributed by atoms with E-state index in [1.165, 1.54) is 4.90 Å². The standard InChI is InChI=1S/C16H15N2O2/c1-17-10-5-4-6-12(17)9-11-18-15(19)13-7-2-3-8-14(13)16(18)20/h2-8,10H,9,11H2,1H3/q+1. The van der Waals surface area contributed by atoms with Crippen LogP contribution in [0.25, 0.3) is 0 Å². The Morgan fingerprint density at radius 2 is 1.55 bits per heavy atom. The number of pyridine rings is 1. The number of rotatable bonds is 3.